The highest BCUT2D eigenvalue weighted by atomic mass is 19.4. The fourth-order valence-electron chi connectivity index (χ4n) is 2.94. The molecule has 32 heavy (non-hydrogen) atoms. The third-order valence-corrected chi connectivity index (χ3v) is 4.36. The monoisotopic (exact) mass is 444 g/mol. The second kappa shape index (κ2) is 8.45. The Hall–Kier alpha value is -4.29. The summed E-state index contributed by atoms with van der Waals surface area (Å²) in [5.41, 5.74) is -1.36. The molecule has 164 valence electrons. The standard InChI is InChI=1S/C19H15F3N8O2/c1-32-15-6-5-14(27-28-15)30-16(19(20,21)22)13(11-26-30)18(31)24-10-12-4-2-7-23-17(12)29-9-3-8-25-29/h2-9,11H,10H2,1H3,(H,24,31). The quantitative estimate of drug-likeness (QED) is 0.485. The lowest BCUT2D eigenvalue weighted by molar-refractivity contribution is -0.143. The first-order valence-electron chi connectivity index (χ1n) is 9.14. The van der Waals surface area contributed by atoms with Crippen molar-refractivity contribution in [3.63, 3.8) is 0 Å². The number of aromatic nitrogens is 7. The Morgan fingerprint density at radius 1 is 1.12 bits per heavy atom. The van der Waals surface area contributed by atoms with E-state index in [9.17, 15) is 18.0 Å². The lowest BCUT2D eigenvalue weighted by Crippen LogP contribution is -2.27. The maximum atomic E-state index is 13.8. The van der Waals surface area contributed by atoms with Crippen molar-refractivity contribution in [2.75, 3.05) is 7.11 Å². The van der Waals surface area contributed by atoms with E-state index >= 15 is 0 Å². The van der Waals surface area contributed by atoms with Gasteiger partial charge in [0.05, 0.1) is 18.9 Å². The molecule has 0 saturated carbocycles. The summed E-state index contributed by atoms with van der Waals surface area (Å²) in [6, 6.07) is 7.62. The highest BCUT2D eigenvalue weighted by Gasteiger charge is 2.41. The van der Waals surface area contributed by atoms with Gasteiger partial charge in [-0.1, -0.05) is 6.07 Å². The number of hydrogen-bond donors (Lipinski definition) is 1. The second-order valence-electron chi connectivity index (χ2n) is 6.37. The van der Waals surface area contributed by atoms with Gasteiger partial charge >= 0.3 is 6.18 Å². The Balaban J connectivity index is 1.62. The van der Waals surface area contributed by atoms with Gasteiger partial charge in [0.15, 0.2) is 17.3 Å². The fraction of sp³-hybridized carbons (Fsp3) is 0.158. The maximum Gasteiger partial charge on any atom is 0.434 e. The first-order valence-corrected chi connectivity index (χ1v) is 9.14. The number of carbonyl (C=O) groups excluding carboxylic acids is 1. The van der Waals surface area contributed by atoms with Gasteiger partial charge in [-0.2, -0.15) is 23.4 Å². The van der Waals surface area contributed by atoms with E-state index < -0.39 is 23.3 Å². The van der Waals surface area contributed by atoms with Gasteiger partial charge in [-0.25, -0.2) is 14.3 Å². The summed E-state index contributed by atoms with van der Waals surface area (Å²) < 4.78 is 48.3. The molecule has 0 aliphatic rings. The minimum atomic E-state index is -4.88. The van der Waals surface area contributed by atoms with Crippen LogP contribution in [0.25, 0.3) is 11.6 Å². The molecule has 4 aromatic heterocycles. The molecule has 0 fully saturated rings. The number of carbonyl (C=O) groups is 1. The van der Waals surface area contributed by atoms with Crippen LogP contribution in [0.3, 0.4) is 0 Å². The maximum absolute atomic E-state index is 13.8. The Kier molecular flexibility index (Phi) is 5.54. The molecule has 1 amide bonds. The van der Waals surface area contributed by atoms with Gasteiger partial charge in [-0.15, -0.1) is 10.2 Å². The number of alkyl halides is 3. The van der Waals surface area contributed by atoms with Crippen molar-refractivity contribution in [3.8, 4) is 17.5 Å². The molecular formula is C19H15F3N8O2. The molecular weight excluding hydrogens is 429 g/mol. The molecule has 0 atom stereocenters. The third-order valence-electron chi connectivity index (χ3n) is 4.36. The van der Waals surface area contributed by atoms with Crippen LogP contribution in [0.5, 0.6) is 5.88 Å². The van der Waals surface area contributed by atoms with E-state index in [1.807, 2.05) is 0 Å². The number of ether oxygens (including phenoxy) is 1. The van der Waals surface area contributed by atoms with Crippen LogP contribution in [0.4, 0.5) is 13.2 Å². The Morgan fingerprint density at radius 2 is 1.97 bits per heavy atom. The summed E-state index contributed by atoms with van der Waals surface area (Å²) in [5.74, 6) is -0.611. The van der Waals surface area contributed by atoms with Gasteiger partial charge in [0, 0.05) is 36.8 Å². The summed E-state index contributed by atoms with van der Waals surface area (Å²) in [7, 11) is 1.35. The molecule has 4 rings (SSSR count). The predicted octanol–water partition coefficient (Wildman–Crippen LogP) is 2.20. The number of halogens is 3. The average molecular weight is 444 g/mol. The SMILES string of the molecule is COc1ccc(-n2ncc(C(=O)NCc3cccnc3-n3cccn3)c2C(F)(F)F)nn1. The molecule has 4 aromatic rings. The van der Waals surface area contributed by atoms with Gasteiger partial charge < -0.3 is 10.1 Å². The summed E-state index contributed by atoms with van der Waals surface area (Å²) >= 11 is 0. The minimum absolute atomic E-state index is 0.0767. The highest BCUT2D eigenvalue weighted by Crippen LogP contribution is 2.33. The molecule has 0 aliphatic heterocycles. The number of hydrogen-bond acceptors (Lipinski definition) is 7. The summed E-state index contributed by atoms with van der Waals surface area (Å²) in [6.07, 6.45) is 0.726. The lowest BCUT2D eigenvalue weighted by Gasteiger charge is -2.13. The Bertz CT molecular complexity index is 1220. The Morgan fingerprint density at radius 3 is 2.62 bits per heavy atom. The molecule has 10 nitrogen and oxygen atoms in total. The smallest absolute Gasteiger partial charge is 0.434 e. The van der Waals surface area contributed by atoms with E-state index in [-0.39, 0.29) is 18.2 Å². The third kappa shape index (κ3) is 4.12. The summed E-state index contributed by atoms with van der Waals surface area (Å²) in [6.45, 7) is -0.0767. The zero-order valence-corrected chi connectivity index (χ0v) is 16.5. The van der Waals surface area contributed by atoms with Crippen LogP contribution >= 0.6 is 0 Å². The molecule has 13 heteroatoms. The van der Waals surface area contributed by atoms with Gasteiger partial charge in [0.1, 0.15) is 0 Å². The summed E-state index contributed by atoms with van der Waals surface area (Å²) in [4.78, 5) is 16.9. The van der Waals surface area contributed by atoms with E-state index in [0.717, 1.165) is 6.20 Å². The van der Waals surface area contributed by atoms with Crippen LogP contribution in [0.15, 0.2) is 55.1 Å². The number of methoxy groups -OCH3 is 1. The van der Waals surface area contributed by atoms with Gasteiger partial charge in [-0.05, 0) is 18.2 Å². The first-order chi connectivity index (χ1) is 15.4. The summed E-state index contributed by atoms with van der Waals surface area (Å²) in [5, 5.41) is 17.6. The van der Waals surface area contributed by atoms with Gasteiger partial charge in [-0.3, -0.25) is 4.79 Å². The van der Waals surface area contributed by atoms with Crippen LogP contribution in [-0.4, -0.2) is 47.8 Å². The number of nitrogens with zero attached hydrogens (tertiary/aromatic N) is 7. The molecule has 1 N–H and O–H groups in total. The van der Waals surface area contributed by atoms with Crippen LogP contribution in [0.2, 0.25) is 0 Å². The van der Waals surface area contributed by atoms with Gasteiger partial charge in [0.25, 0.3) is 5.91 Å². The first kappa shape index (κ1) is 21.0. The van der Waals surface area contributed by atoms with Crippen LogP contribution < -0.4 is 10.1 Å². The molecule has 0 spiro atoms. The highest BCUT2D eigenvalue weighted by molar-refractivity contribution is 5.95. The number of rotatable bonds is 6. The van der Waals surface area contributed by atoms with Crippen LogP contribution in [0, 0.1) is 0 Å². The number of amides is 1. The van der Waals surface area contributed by atoms with Crippen LogP contribution in [0.1, 0.15) is 21.6 Å². The molecule has 0 aromatic carbocycles. The zero-order chi connectivity index (χ0) is 22.7. The van der Waals surface area contributed by atoms with Crippen LogP contribution in [-0.2, 0) is 12.7 Å². The second-order valence-corrected chi connectivity index (χ2v) is 6.37. The van der Waals surface area contributed by atoms with E-state index in [0.29, 0.717) is 16.1 Å². The van der Waals surface area contributed by atoms with Gasteiger partial charge in [0.2, 0.25) is 5.88 Å². The minimum Gasteiger partial charge on any atom is -0.480 e. The fourth-order valence-corrected chi connectivity index (χ4v) is 2.94. The predicted molar refractivity (Wildman–Crippen MR) is 103 cm³/mol. The number of nitrogens with one attached hydrogen (secondary N) is 1. The van der Waals surface area contributed by atoms with E-state index in [1.165, 1.54) is 23.9 Å². The van der Waals surface area contributed by atoms with Crippen molar-refractivity contribution in [1.29, 1.82) is 0 Å². The lowest BCUT2D eigenvalue weighted by atomic mass is 10.2. The van der Waals surface area contributed by atoms with E-state index in [4.69, 9.17) is 4.74 Å². The molecule has 0 bridgehead atoms. The topological polar surface area (TPSA) is 113 Å². The molecule has 0 aliphatic carbocycles. The number of pyridine rings is 1. The van der Waals surface area contributed by atoms with Crippen molar-refractivity contribution >= 4 is 5.91 Å². The Labute approximate surface area is 178 Å². The van der Waals surface area contributed by atoms with E-state index in [1.54, 1.807) is 36.8 Å². The van der Waals surface area contributed by atoms with Crippen molar-refractivity contribution in [2.45, 2.75) is 12.7 Å². The van der Waals surface area contributed by atoms with E-state index in [2.05, 4.69) is 30.7 Å². The van der Waals surface area contributed by atoms with Crippen molar-refractivity contribution in [2.24, 2.45) is 0 Å². The normalized spacial score (nSPS) is 11.4. The molecule has 4 heterocycles. The van der Waals surface area contributed by atoms with Crippen molar-refractivity contribution in [1.82, 2.24) is 40.1 Å². The largest absolute Gasteiger partial charge is 0.480 e. The van der Waals surface area contributed by atoms with Crippen molar-refractivity contribution < 1.29 is 22.7 Å². The molecule has 0 unspecified atom stereocenters. The molecule has 0 radical (unpaired) electrons. The average Bonchev–Trinajstić information content (AvgIpc) is 3.48. The molecule has 0 saturated heterocycles. The zero-order valence-electron chi connectivity index (χ0n) is 16.5. The van der Waals surface area contributed by atoms with Crippen molar-refractivity contribution in [3.05, 3.63) is 71.9 Å².